The summed E-state index contributed by atoms with van der Waals surface area (Å²) in [4.78, 5) is 33.9. The van der Waals surface area contributed by atoms with E-state index < -0.39 is 17.8 Å². The Bertz CT molecular complexity index is 790. The second kappa shape index (κ2) is 7.23. The van der Waals surface area contributed by atoms with Crippen molar-refractivity contribution < 1.29 is 23.9 Å². The highest BCUT2D eigenvalue weighted by molar-refractivity contribution is 6.07. The highest BCUT2D eigenvalue weighted by atomic mass is 19.1. The van der Waals surface area contributed by atoms with Gasteiger partial charge < -0.3 is 15.7 Å². The molecule has 0 bridgehead atoms. The van der Waals surface area contributed by atoms with E-state index in [9.17, 15) is 18.8 Å². The molecule has 0 aliphatic rings. The minimum absolute atomic E-state index is 0.0780. The van der Waals surface area contributed by atoms with E-state index in [0.29, 0.717) is 5.69 Å². The van der Waals surface area contributed by atoms with Gasteiger partial charge in [-0.1, -0.05) is 0 Å². The van der Waals surface area contributed by atoms with Crippen molar-refractivity contribution in [2.45, 2.75) is 6.92 Å². The van der Waals surface area contributed by atoms with Gasteiger partial charge in [0.15, 0.2) is 0 Å². The molecular formula is C16H14FN3O4. The maximum Gasteiger partial charge on any atom is 0.409 e. The lowest BCUT2D eigenvalue weighted by Crippen LogP contribution is -2.16. The molecule has 2 rings (SSSR count). The number of hydrogen-bond donors (Lipinski definition) is 4. The Morgan fingerprint density at radius 3 is 2.17 bits per heavy atom. The summed E-state index contributed by atoms with van der Waals surface area (Å²) in [5.74, 6) is -1.39. The number of halogens is 1. The molecule has 0 aliphatic carbocycles. The van der Waals surface area contributed by atoms with Gasteiger partial charge in [0.2, 0.25) is 5.91 Å². The van der Waals surface area contributed by atoms with E-state index in [1.807, 2.05) is 5.32 Å². The lowest BCUT2D eigenvalue weighted by molar-refractivity contribution is -0.114. The monoisotopic (exact) mass is 331 g/mol. The van der Waals surface area contributed by atoms with Crippen LogP contribution in [0.25, 0.3) is 0 Å². The summed E-state index contributed by atoms with van der Waals surface area (Å²) in [6, 6.07) is 9.41. The Labute approximate surface area is 136 Å². The smallest absolute Gasteiger partial charge is 0.409 e. The molecule has 0 heterocycles. The van der Waals surface area contributed by atoms with E-state index in [1.165, 1.54) is 25.1 Å². The third kappa shape index (κ3) is 4.54. The van der Waals surface area contributed by atoms with E-state index in [2.05, 4.69) is 10.6 Å². The normalized spacial score (nSPS) is 9.92. The molecule has 0 aromatic heterocycles. The second-order valence-electron chi connectivity index (χ2n) is 4.83. The summed E-state index contributed by atoms with van der Waals surface area (Å²) in [5.41, 5.74) is 0.865. The molecule has 4 N–H and O–H groups in total. The third-order valence-electron chi connectivity index (χ3n) is 2.94. The van der Waals surface area contributed by atoms with Crippen molar-refractivity contribution in [3.05, 3.63) is 53.8 Å². The van der Waals surface area contributed by atoms with E-state index in [4.69, 9.17) is 5.11 Å². The third-order valence-corrected chi connectivity index (χ3v) is 2.94. The number of amides is 3. The zero-order valence-corrected chi connectivity index (χ0v) is 12.6. The van der Waals surface area contributed by atoms with Gasteiger partial charge in [0.25, 0.3) is 5.91 Å². The molecular weight excluding hydrogens is 317 g/mol. The first-order valence-corrected chi connectivity index (χ1v) is 6.83. The predicted molar refractivity (Wildman–Crippen MR) is 86.7 cm³/mol. The molecule has 0 saturated carbocycles. The van der Waals surface area contributed by atoms with E-state index >= 15 is 0 Å². The fourth-order valence-corrected chi connectivity index (χ4v) is 1.95. The number of carboxylic acid groups (broad SMARTS) is 1. The molecule has 0 fully saturated rings. The van der Waals surface area contributed by atoms with Crippen LogP contribution in [0, 0.1) is 5.82 Å². The predicted octanol–water partition coefficient (Wildman–Crippen LogP) is 3.13. The summed E-state index contributed by atoms with van der Waals surface area (Å²) < 4.78 is 13.2. The molecule has 24 heavy (non-hydrogen) atoms. The number of carbonyl (C=O) groups excluding carboxylic acids is 2. The average molecular weight is 331 g/mol. The SMILES string of the molecule is CC(=O)Nc1ccc(C(=O)Nc2ccc(F)cc2NC(=O)O)cc1. The molecule has 8 heteroatoms. The lowest BCUT2D eigenvalue weighted by Gasteiger charge is -2.11. The van der Waals surface area contributed by atoms with Crippen molar-refractivity contribution in [2.75, 3.05) is 16.0 Å². The van der Waals surface area contributed by atoms with Crippen LogP contribution in [0.5, 0.6) is 0 Å². The minimum atomic E-state index is -1.38. The number of nitrogens with one attached hydrogen (secondary N) is 3. The first kappa shape index (κ1) is 16.9. The van der Waals surface area contributed by atoms with Crippen LogP contribution in [0.4, 0.5) is 26.2 Å². The van der Waals surface area contributed by atoms with Crippen LogP contribution in [-0.2, 0) is 4.79 Å². The fourth-order valence-electron chi connectivity index (χ4n) is 1.95. The van der Waals surface area contributed by atoms with Crippen molar-refractivity contribution in [2.24, 2.45) is 0 Å². The van der Waals surface area contributed by atoms with Gasteiger partial charge in [0.1, 0.15) is 5.82 Å². The van der Waals surface area contributed by atoms with E-state index in [0.717, 1.165) is 12.1 Å². The maximum absolute atomic E-state index is 13.2. The second-order valence-corrected chi connectivity index (χ2v) is 4.83. The van der Waals surface area contributed by atoms with Gasteiger partial charge in [-0.3, -0.25) is 14.9 Å². The number of benzene rings is 2. The van der Waals surface area contributed by atoms with Crippen LogP contribution in [0.1, 0.15) is 17.3 Å². The molecule has 2 aromatic rings. The van der Waals surface area contributed by atoms with Crippen LogP contribution in [0.15, 0.2) is 42.5 Å². The van der Waals surface area contributed by atoms with Gasteiger partial charge in [0.05, 0.1) is 11.4 Å². The van der Waals surface area contributed by atoms with E-state index in [1.54, 1.807) is 12.1 Å². The zero-order valence-electron chi connectivity index (χ0n) is 12.6. The maximum atomic E-state index is 13.2. The molecule has 0 unspecified atom stereocenters. The van der Waals surface area contributed by atoms with Crippen LogP contribution in [-0.4, -0.2) is 23.0 Å². The van der Waals surface area contributed by atoms with Gasteiger partial charge in [-0.25, -0.2) is 9.18 Å². The van der Waals surface area contributed by atoms with E-state index in [-0.39, 0.29) is 22.8 Å². The van der Waals surface area contributed by atoms with Gasteiger partial charge in [-0.05, 0) is 42.5 Å². The van der Waals surface area contributed by atoms with Crippen molar-refractivity contribution in [1.29, 1.82) is 0 Å². The molecule has 7 nitrogen and oxygen atoms in total. The van der Waals surface area contributed by atoms with Crippen molar-refractivity contribution in [3.63, 3.8) is 0 Å². The standard InChI is InChI=1S/C16H14FN3O4/c1-9(21)18-12-5-2-10(3-6-12)15(22)19-13-7-4-11(17)8-14(13)20-16(23)24/h2-8,20H,1H3,(H,18,21)(H,19,22)(H,23,24). The Kier molecular flexibility index (Phi) is 5.10. The number of anilines is 3. The quantitative estimate of drug-likeness (QED) is 0.690. The first-order chi connectivity index (χ1) is 11.3. The Hall–Kier alpha value is -3.42. The van der Waals surface area contributed by atoms with Crippen molar-refractivity contribution >= 4 is 35.0 Å². The average Bonchev–Trinajstić information content (AvgIpc) is 2.49. The van der Waals surface area contributed by atoms with Crippen LogP contribution < -0.4 is 16.0 Å². The molecule has 0 spiro atoms. The van der Waals surface area contributed by atoms with Gasteiger partial charge in [-0.15, -0.1) is 0 Å². The molecule has 2 aromatic carbocycles. The largest absolute Gasteiger partial charge is 0.465 e. The zero-order chi connectivity index (χ0) is 17.7. The number of rotatable bonds is 4. The molecule has 124 valence electrons. The molecule has 0 aliphatic heterocycles. The fraction of sp³-hybridized carbons (Fsp3) is 0.0625. The topological polar surface area (TPSA) is 108 Å². The summed E-state index contributed by atoms with van der Waals surface area (Å²) in [6.45, 7) is 1.37. The molecule has 3 amide bonds. The Morgan fingerprint density at radius 1 is 0.917 bits per heavy atom. The highest BCUT2D eigenvalue weighted by Crippen LogP contribution is 2.23. The minimum Gasteiger partial charge on any atom is -0.465 e. The summed E-state index contributed by atoms with van der Waals surface area (Å²) in [6.07, 6.45) is -1.38. The van der Waals surface area contributed by atoms with Gasteiger partial charge in [-0.2, -0.15) is 0 Å². The van der Waals surface area contributed by atoms with Crippen molar-refractivity contribution in [1.82, 2.24) is 0 Å². The number of hydrogen-bond acceptors (Lipinski definition) is 3. The van der Waals surface area contributed by atoms with Crippen LogP contribution in [0.3, 0.4) is 0 Å². The molecule has 0 radical (unpaired) electrons. The first-order valence-electron chi connectivity index (χ1n) is 6.83. The number of carbonyl (C=O) groups is 3. The van der Waals surface area contributed by atoms with Gasteiger partial charge >= 0.3 is 6.09 Å². The highest BCUT2D eigenvalue weighted by Gasteiger charge is 2.12. The van der Waals surface area contributed by atoms with Crippen LogP contribution >= 0.6 is 0 Å². The lowest BCUT2D eigenvalue weighted by atomic mass is 10.1. The van der Waals surface area contributed by atoms with Gasteiger partial charge in [0, 0.05) is 18.2 Å². The molecule has 0 saturated heterocycles. The summed E-state index contributed by atoms with van der Waals surface area (Å²) in [5, 5.41) is 15.8. The Balaban J connectivity index is 2.17. The summed E-state index contributed by atoms with van der Waals surface area (Å²) >= 11 is 0. The van der Waals surface area contributed by atoms with Crippen molar-refractivity contribution in [3.8, 4) is 0 Å². The summed E-state index contributed by atoms with van der Waals surface area (Å²) in [7, 11) is 0. The van der Waals surface area contributed by atoms with Crippen LogP contribution in [0.2, 0.25) is 0 Å². The molecule has 0 atom stereocenters. The Morgan fingerprint density at radius 2 is 1.58 bits per heavy atom.